The Morgan fingerprint density at radius 1 is 1.14 bits per heavy atom. The van der Waals surface area contributed by atoms with Crippen LogP contribution in [0.4, 0.5) is 0 Å². The van der Waals surface area contributed by atoms with Crippen molar-refractivity contribution in [2.75, 3.05) is 13.1 Å². The molecule has 0 spiro atoms. The number of benzene rings is 1. The lowest BCUT2D eigenvalue weighted by atomic mass is 9.89. The highest BCUT2D eigenvalue weighted by molar-refractivity contribution is 5.26. The molecule has 1 aromatic rings. The Hall–Kier alpha value is -0.860. The zero-order valence-electron chi connectivity index (χ0n) is 14.2. The van der Waals surface area contributed by atoms with E-state index in [1.807, 2.05) is 0 Å². The Morgan fingerprint density at radius 3 is 2.52 bits per heavy atom. The maximum Gasteiger partial charge on any atom is 0.0496 e. The predicted octanol–water partition coefficient (Wildman–Crippen LogP) is 4.14. The first kappa shape index (κ1) is 16.5. The van der Waals surface area contributed by atoms with Crippen molar-refractivity contribution in [3.63, 3.8) is 0 Å². The molecule has 3 unspecified atom stereocenters. The molecular formula is C19H32N2. The van der Waals surface area contributed by atoms with Crippen LogP contribution < -0.4 is 5.73 Å². The molecule has 1 aromatic carbocycles. The van der Waals surface area contributed by atoms with Crippen LogP contribution in [0.2, 0.25) is 0 Å². The van der Waals surface area contributed by atoms with Crippen molar-refractivity contribution in [1.29, 1.82) is 0 Å². The fraction of sp³-hybridized carbons (Fsp3) is 0.684. The number of likely N-dealkylation sites (tertiary alicyclic amines) is 1. The summed E-state index contributed by atoms with van der Waals surface area (Å²) in [5, 5.41) is 0. The molecule has 2 N–H and O–H groups in total. The van der Waals surface area contributed by atoms with Gasteiger partial charge in [0.25, 0.3) is 0 Å². The number of rotatable bonds is 4. The zero-order valence-corrected chi connectivity index (χ0v) is 14.2. The minimum absolute atomic E-state index is 0.169. The van der Waals surface area contributed by atoms with E-state index in [1.165, 1.54) is 43.5 Å². The summed E-state index contributed by atoms with van der Waals surface area (Å²) in [5.74, 6) is 1.68. The van der Waals surface area contributed by atoms with Gasteiger partial charge in [-0.25, -0.2) is 0 Å². The van der Waals surface area contributed by atoms with Gasteiger partial charge in [-0.2, -0.15) is 0 Å². The number of hydrogen-bond donors (Lipinski definition) is 1. The summed E-state index contributed by atoms with van der Waals surface area (Å²) >= 11 is 0. The molecule has 1 aliphatic rings. The Bertz CT molecular complexity index is 439. The molecule has 118 valence electrons. The van der Waals surface area contributed by atoms with Crippen molar-refractivity contribution in [3.05, 3.63) is 35.4 Å². The van der Waals surface area contributed by atoms with Crippen molar-refractivity contribution >= 4 is 0 Å². The summed E-state index contributed by atoms with van der Waals surface area (Å²) in [4.78, 5) is 2.63. The lowest BCUT2D eigenvalue weighted by Gasteiger charge is -2.34. The molecule has 0 saturated carbocycles. The molecule has 2 nitrogen and oxygen atoms in total. The third kappa shape index (κ3) is 4.31. The van der Waals surface area contributed by atoms with E-state index in [1.54, 1.807) is 0 Å². The van der Waals surface area contributed by atoms with Crippen LogP contribution in [0.1, 0.15) is 57.2 Å². The summed E-state index contributed by atoms with van der Waals surface area (Å²) in [6.45, 7) is 11.4. The second kappa shape index (κ2) is 7.42. The van der Waals surface area contributed by atoms with Crippen LogP contribution >= 0.6 is 0 Å². The molecule has 0 amide bonds. The van der Waals surface area contributed by atoms with E-state index in [4.69, 9.17) is 5.73 Å². The smallest absolute Gasteiger partial charge is 0.0496 e. The lowest BCUT2D eigenvalue weighted by molar-refractivity contribution is 0.178. The van der Waals surface area contributed by atoms with E-state index in [-0.39, 0.29) is 6.04 Å². The highest BCUT2D eigenvalue weighted by Gasteiger charge is 2.27. The summed E-state index contributed by atoms with van der Waals surface area (Å²) in [5.41, 5.74) is 9.06. The second-order valence-electron chi connectivity index (χ2n) is 7.19. The molecule has 1 aliphatic heterocycles. The minimum Gasteiger partial charge on any atom is -0.326 e. The number of nitrogens with two attached hydrogens (primary N) is 1. The topological polar surface area (TPSA) is 29.3 Å². The summed E-state index contributed by atoms with van der Waals surface area (Å²) in [6, 6.07) is 9.40. The molecule has 2 rings (SSSR count). The zero-order chi connectivity index (χ0) is 15.4. The van der Waals surface area contributed by atoms with Gasteiger partial charge >= 0.3 is 0 Å². The Balaban J connectivity index is 2.15. The van der Waals surface area contributed by atoms with Crippen molar-refractivity contribution in [2.45, 2.75) is 59.0 Å². The molecule has 1 fully saturated rings. The van der Waals surface area contributed by atoms with Gasteiger partial charge in [0.05, 0.1) is 0 Å². The van der Waals surface area contributed by atoms with Gasteiger partial charge in [0, 0.05) is 12.1 Å². The molecule has 21 heavy (non-hydrogen) atoms. The molecular weight excluding hydrogens is 256 g/mol. The van der Waals surface area contributed by atoms with Crippen LogP contribution in [0.5, 0.6) is 0 Å². The third-order valence-electron chi connectivity index (χ3n) is 5.03. The molecule has 0 aromatic heterocycles. The molecule has 0 aliphatic carbocycles. The fourth-order valence-corrected chi connectivity index (χ4v) is 3.79. The Kier molecular flexibility index (Phi) is 5.83. The van der Waals surface area contributed by atoms with Gasteiger partial charge in [-0.05, 0) is 63.6 Å². The predicted molar refractivity (Wildman–Crippen MR) is 91.3 cm³/mol. The number of aryl methyl sites for hydroxylation is 1. The average molecular weight is 288 g/mol. The van der Waals surface area contributed by atoms with Crippen molar-refractivity contribution in [2.24, 2.45) is 17.6 Å². The lowest BCUT2D eigenvalue weighted by Crippen LogP contribution is -2.40. The molecule has 3 atom stereocenters. The van der Waals surface area contributed by atoms with Gasteiger partial charge in [-0.1, -0.05) is 43.7 Å². The highest BCUT2D eigenvalue weighted by atomic mass is 15.2. The van der Waals surface area contributed by atoms with Crippen LogP contribution in [-0.2, 0) is 0 Å². The Morgan fingerprint density at radius 2 is 1.90 bits per heavy atom. The van der Waals surface area contributed by atoms with Gasteiger partial charge in [0.1, 0.15) is 0 Å². The first-order valence-corrected chi connectivity index (χ1v) is 8.55. The largest absolute Gasteiger partial charge is 0.326 e. The quantitative estimate of drug-likeness (QED) is 0.902. The first-order chi connectivity index (χ1) is 9.99. The fourth-order valence-electron chi connectivity index (χ4n) is 3.79. The van der Waals surface area contributed by atoms with Gasteiger partial charge < -0.3 is 5.73 Å². The highest BCUT2D eigenvalue weighted by Crippen LogP contribution is 2.31. The van der Waals surface area contributed by atoms with E-state index in [0.29, 0.717) is 6.04 Å². The molecule has 1 saturated heterocycles. The summed E-state index contributed by atoms with van der Waals surface area (Å²) in [7, 11) is 0. The average Bonchev–Trinajstić information content (AvgIpc) is 2.64. The summed E-state index contributed by atoms with van der Waals surface area (Å²) in [6.07, 6.45) is 3.98. The van der Waals surface area contributed by atoms with Crippen LogP contribution in [0, 0.1) is 18.8 Å². The SMILES string of the molecule is Cc1cccc(C(C(C)N)N2CCCC(C(C)C)CC2)c1. The monoisotopic (exact) mass is 288 g/mol. The maximum atomic E-state index is 6.35. The molecule has 1 heterocycles. The minimum atomic E-state index is 0.169. The Labute approximate surface area is 130 Å². The molecule has 2 heteroatoms. The van der Waals surface area contributed by atoms with Crippen LogP contribution in [0.15, 0.2) is 24.3 Å². The second-order valence-corrected chi connectivity index (χ2v) is 7.19. The van der Waals surface area contributed by atoms with E-state index in [9.17, 15) is 0 Å². The van der Waals surface area contributed by atoms with Crippen LogP contribution in [-0.4, -0.2) is 24.0 Å². The van der Waals surface area contributed by atoms with Crippen molar-refractivity contribution in [3.8, 4) is 0 Å². The summed E-state index contributed by atoms with van der Waals surface area (Å²) < 4.78 is 0. The van der Waals surface area contributed by atoms with Gasteiger partial charge in [-0.15, -0.1) is 0 Å². The standard InChI is InChI=1S/C19H32N2/c1-14(2)17-9-6-11-21(12-10-17)19(16(4)20)18-8-5-7-15(3)13-18/h5,7-8,13-14,16-17,19H,6,9-12,20H2,1-4H3. The normalized spacial score (nSPS) is 23.8. The number of nitrogens with zero attached hydrogens (tertiary/aromatic N) is 1. The molecule has 0 bridgehead atoms. The van der Waals surface area contributed by atoms with Gasteiger partial charge in [0.15, 0.2) is 0 Å². The maximum absolute atomic E-state index is 6.35. The van der Waals surface area contributed by atoms with E-state index in [2.05, 4.69) is 56.9 Å². The van der Waals surface area contributed by atoms with E-state index >= 15 is 0 Å². The van der Waals surface area contributed by atoms with Crippen molar-refractivity contribution < 1.29 is 0 Å². The van der Waals surface area contributed by atoms with Crippen LogP contribution in [0.3, 0.4) is 0 Å². The number of hydrogen-bond acceptors (Lipinski definition) is 2. The van der Waals surface area contributed by atoms with Gasteiger partial charge in [-0.3, -0.25) is 4.90 Å². The van der Waals surface area contributed by atoms with E-state index < -0.39 is 0 Å². The first-order valence-electron chi connectivity index (χ1n) is 8.55. The van der Waals surface area contributed by atoms with Crippen molar-refractivity contribution in [1.82, 2.24) is 4.90 Å². The van der Waals surface area contributed by atoms with Crippen LogP contribution in [0.25, 0.3) is 0 Å². The third-order valence-corrected chi connectivity index (χ3v) is 5.03. The molecule has 0 radical (unpaired) electrons. The van der Waals surface area contributed by atoms with Gasteiger partial charge in [0.2, 0.25) is 0 Å². The van der Waals surface area contributed by atoms with E-state index in [0.717, 1.165) is 11.8 Å².